The summed E-state index contributed by atoms with van der Waals surface area (Å²) in [5.74, 6) is -0.176. The number of hydrogen-bond acceptors (Lipinski definition) is 1. The van der Waals surface area contributed by atoms with Gasteiger partial charge in [-0.3, -0.25) is 0 Å². The molecule has 1 nitrogen and oxygen atoms in total. The highest BCUT2D eigenvalue weighted by Crippen LogP contribution is 2.12. The maximum atomic E-state index is 12.7. The van der Waals surface area contributed by atoms with E-state index in [9.17, 15) is 4.39 Å². The second kappa shape index (κ2) is 8.02. The van der Waals surface area contributed by atoms with Crippen molar-refractivity contribution in [2.24, 2.45) is 0 Å². The molecule has 0 saturated heterocycles. The minimum atomic E-state index is -0.176. The number of nitrogens with one attached hydrogen (secondary N) is 1. The van der Waals surface area contributed by atoms with Gasteiger partial charge >= 0.3 is 0 Å². The Bertz CT molecular complexity index is 318. The first-order valence-electron chi connectivity index (χ1n) is 6.34. The number of allylic oxidation sites excluding steroid dienone is 1. The zero-order valence-electron chi connectivity index (χ0n) is 10.6. The molecule has 1 N–H and O–H groups in total. The molecule has 94 valence electrons. The Morgan fingerprint density at radius 1 is 1.24 bits per heavy atom. The van der Waals surface area contributed by atoms with Crippen molar-refractivity contribution in [2.45, 2.75) is 38.6 Å². The van der Waals surface area contributed by atoms with E-state index in [1.54, 1.807) is 0 Å². The van der Waals surface area contributed by atoms with Gasteiger partial charge in [0, 0.05) is 6.04 Å². The van der Waals surface area contributed by atoms with Crippen molar-refractivity contribution in [3.63, 3.8) is 0 Å². The van der Waals surface area contributed by atoms with Gasteiger partial charge in [-0.15, -0.1) is 6.58 Å². The fourth-order valence-corrected chi connectivity index (χ4v) is 1.78. The Morgan fingerprint density at radius 3 is 2.59 bits per heavy atom. The van der Waals surface area contributed by atoms with Crippen molar-refractivity contribution >= 4 is 0 Å². The smallest absolute Gasteiger partial charge is 0.123 e. The van der Waals surface area contributed by atoms with Gasteiger partial charge in [0.2, 0.25) is 0 Å². The lowest BCUT2D eigenvalue weighted by atomic mass is 10.1. The van der Waals surface area contributed by atoms with Gasteiger partial charge in [0.25, 0.3) is 0 Å². The van der Waals surface area contributed by atoms with Gasteiger partial charge in [-0.25, -0.2) is 4.39 Å². The second-order valence-electron chi connectivity index (χ2n) is 4.37. The Labute approximate surface area is 104 Å². The number of unbranched alkanes of at least 4 members (excludes halogenated alkanes) is 3. The maximum Gasteiger partial charge on any atom is 0.123 e. The van der Waals surface area contributed by atoms with E-state index >= 15 is 0 Å². The average Bonchev–Trinajstić information content (AvgIpc) is 2.34. The van der Waals surface area contributed by atoms with E-state index in [1.807, 2.05) is 18.2 Å². The van der Waals surface area contributed by atoms with E-state index in [2.05, 4.69) is 18.8 Å². The first kappa shape index (κ1) is 13.9. The van der Waals surface area contributed by atoms with Crippen LogP contribution in [0.5, 0.6) is 0 Å². The molecular weight excluding hydrogens is 213 g/mol. The van der Waals surface area contributed by atoms with Gasteiger partial charge in [0.05, 0.1) is 0 Å². The van der Waals surface area contributed by atoms with E-state index in [0.717, 1.165) is 18.5 Å². The predicted molar refractivity (Wildman–Crippen MR) is 71.5 cm³/mol. The summed E-state index contributed by atoms with van der Waals surface area (Å²) in [5, 5.41) is 3.45. The van der Waals surface area contributed by atoms with Gasteiger partial charge < -0.3 is 5.32 Å². The standard InChI is InChI=1S/C15H22FN/c1-3-4-5-6-7-12-17-13(2)14-8-10-15(16)11-9-14/h3,8-11,13,17H,1,4-7,12H2,2H3/t13-/m1/s1. The van der Waals surface area contributed by atoms with Crippen LogP contribution in [0.25, 0.3) is 0 Å². The summed E-state index contributed by atoms with van der Waals surface area (Å²) < 4.78 is 12.7. The van der Waals surface area contributed by atoms with E-state index in [-0.39, 0.29) is 11.9 Å². The topological polar surface area (TPSA) is 12.0 Å². The molecule has 0 amide bonds. The molecule has 0 fully saturated rings. The SMILES string of the molecule is C=CCCCCCN[C@H](C)c1ccc(F)cc1. The van der Waals surface area contributed by atoms with Crippen LogP contribution in [0.3, 0.4) is 0 Å². The zero-order valence-corrected chi connectivity index (χ0v) is 10.6. The van der Waals surface area contributed by atoms with Crippen LogP contribution in [0.15, 0.2) is 36.9 Å². The van der Waals surface area contributed by atoms with Gasteiger partial charge in [-0.2, -0.15) is 0 Å². The highest BCUT2D eigenvalue weighted by atomic mass is 19.1. The molecule has 0 saturated carbocycles. The monoisotopic (exact) mass is 235 g/mol. The van der Waals surface area contributed by atoms with E-state index in [1.165, 1.54) is 31.4 Å². The molecule has 1 atom stereocenters. The third kappa shape index (κ3) is 5.64. The quantitative estimate of drug-likeness (QED) is 0.525. The average molecular weight is 235 g/mol. The van der Waals surface area contributed by atoms with E-state index in [0.29, 0.717) is 0 Å². The Hall–Kier alpha value is -1.15. The van der Waals surface area contributed by atoms with Crippen molar-refractivity contribution in [1.82, 2.24) is 5.32 Å². The molecule has 17 heavy (non-hydrogen) atoms. The molecule has 1 aromatic rings. The summed E-state index contributed by atoms with van der Waals surface area (Å²) in [4.78, 5) is 0. The number of benzene rings is 1. The first-order valence-corrected chi connectivity index (χ1v) is 6.34. The lowest BCUT2D eigenvalue weighted by Gasteiger charge is -2.14. The summed E-state index contributed by atoms with van der Waals surface area (Å²) in [6.07, 6.45) is 6.70. The largest absolute Gasteiger partial charge is 0.310 e. The number of rotatable bonds is 8. The van der Waals surface area contributed by atoms with Crippen LogP contribution < -0.4 is 5.32 Å². The molecule has 0 aliphatic rings. The molecule has 0 aliphatic heterocycles. The molecule has 1 rings (SSSR count). The number of halogens is 1. The molecule has 0 unspecified atom stereocenters. The molecule has 0 heterocycles. The predicted octanol–water partition coefficient (Wildman–Crippen LogP) is 4.22. The maximum absolute atomic E-state index is 12.7. The van der Waals surface area contributed by atoms with E-state index in [4.69, 9.17) is 0 Å². The molecule has 0 bridgehead atoms. The molecule has 0 aliphatic carbocycles. The van der Waals surface area contributed by atoms with Crippen LogP contribution in [0, 0.1) is 5.82 Å². The summed E-state index contributed by atoms with van der Waals surface area (Å²) in [5.41, 5.74) is 1.14. The Morgan fingerprint density at radius 2 is 1.94 bits per heavy atom. The van der Waals surface area contributed by atoms with Crippen LogP contribution in [-0.2, 0) is 0 Å². The Kier molecular flexibility index (Phi) is 6.56. The zero-order chi connectivity index (χ0) is 12.5. The summed E-state index contributed by atoms with van der Waals surface area (Å²) in [6.45, 7) is 6.82. The number of hydrogen-bond donors (Lipinski definition) is 1. The fourth-order valence-electron chi connectivity index (χ4n) is 1.78. The lowest BCUT2D eigenvalue weighted by Crippen LogP contribution is -2.19. The molecular formula is C15H22FN. The van der Waals surface area contributed by atoms with Crippen molar-refractivity contribution < 1.29 is 4.39 Å². The lowest BCUT2D eigenvalue weighted by molar-refractivity contribution is 0.538. The molecule has 0 aromatic heterocycles. The van der Waals surface area contributed by atoms with Gasteiger partial charge in [0.15, 0.2) is 0 Å². The van der Waals surface area contributed by atoms with Crippen molar-refractivity contribution in [1.29, 1.82) is 0 Å². The van der Waals surface area contributed by atoms with Gasteiger partial charge in [-0.05, 0) is 50.4 Å². The van der Waals surface area contributed by atoms with E-state index < -0.39 is 0 Å². The van der Waals surface area contributed by atoms with Crippen molar-refractivity contribution in [3.05, 3.63) is 48.3 Å². The highest BCUT2D eigenvalue weighted by Gasteiger charge is 2.03. The summed E-state index contributed by atoms with van der Waals surface area (Å²) in [6, 6.07) is 6.99. The highest BCUT2D eigenvalue weighted by molar-refractivity contribution is 5.19. The van der Waals surface area contributed by atoms with Crippen LogP contribution in [0.4, 0.5) is 4.39 Å². The minimum Gasteiger partial charge on any atom is -0.310 e. The summed E-state index contributed by atoms with van der Waals surface area (Å²) >= 11 is 0. The van der Waals surface area contributed by atoms with Gasteiger partial charge in [0.1, 0.15) is 5.82 Å². The third-order valence-corrected chi connectivity index (χ3v) is 2.91. The Balaban J connectivity index is 2.18. The molecule has 1 aromatic carbocycles. The molecule has 0 spiro atoms. The third-order valence-electron chi connectivity index (χ3n) is 2.91. The normalized spacial score (nSPS) is 12.4. The van der Waals surface area contributed by atoms with Crippen LogP contribution in [0.2, 0.25) is 0 Å². The van der Waals surface area contributed by atoms with Crippen LogP contribution >= 0.6 is 0 Å². The van der Waals surface area contributed by atoms with Crippen LogP contribution in [-0.4, -0.2) is 6.54 Å². The molecule has 2 heteroatoms. The summed E-state index contributed by atoms with van der Waals surface area (Å²) in [7, 11) is 0. The second-order valence-corrected chi connectivity index (χ2v) is 4.37. The van der Waals surface area contributed by atoms with Crippen molar-refractivity contribution in [2.75, 3.05) is 6.54 Å². The van der Waals surface area contributed by atoms with Gasteiger partial charge in [-0.1, -0.05) is 24.6 Å². The fraction of sp³-hybridized carbons (Fsp3) is 0.467. The minimum absolute atomic E-state index is 0.176. The van der Waals surface area contributed by atoms with Crippen LogP contribution in [0.1, 0.15) is 44.2 Å². The van der Waals surface area contributed by atoms with Crippen molar-refractivity contribution in [3.8, 4) is 0 Å². The molecule has 0 radical (unpaired) electrons. The first-order chi connectivity index (χ1) is 8.24.